The van der Waals surface area contributed by atoms with Crippen molar-refractivity contribution in [2.24, 2.45) is 5.41 Å². The smallest absolute Gasteiger partial charge is 0.403 e. The van der Waals surface area contributed by atoms with Gasteiger partial charge in [0.15, 0.2) is 0 Å². The van der Waals surface area contributed by atoms with Crippen molar-refractivity contribution in [2.75, 3.05) is 17.7 Å². The van der Waals surface area contributed by atoms with Crippen LogP contribution < -0.4 is 20.7 Å². The molecule has 13 heteroatoms. The average Bonchev–Trinajstić information content (AvgIpc) is 3.65. The van der Waals surface area contributed by atoms with Crippen molar-refractivity contribution >= 4 is 67.7 Å². The minimum atomic E-state index is -4.58. The number of carbonyl (C=O) groups is 2. The van der Waals surface area contributed by atoms with Crippen LogP contribution in [0.3, 0.4) is 0 Å². The molecule has 0 bridgehead atoms. The topological polar surface area (TPSA) is 108 Å². The van der Waals surface area contributed by atoms with Gasteiger partial charge in [0.25, 0.3) is 5.91 Å². The molecule has 0 unspecified atom stereocenters. The Hall–Kier alpha value is -3.77. The maximum Gasteiger partial charge on any atom is 0.403 e. The van der Waals surface area contributed by atoms with Gasteiger partial charge in [0.2, 0.25) is 11.9 Å². The zero-order valence-electron chi connectivity index (χ0n) is 20.9. The number of hydrogen-bond donors (Lipinski definition) is 4. The standard InChI is InChI=1S/C27H22BrClF3N5O3/c1-40-22-12-21-20(11-17(22)23(38)34-16-5-3-15(28)4-6-16)36-25(37-21)35-19-10-14(2-7-18(19)29)13-33-24(39)26(8-9-26)27(30,31)32/h2-7,10-12H,8-9,13H2,1H3,(H,33,39)(H,34,38)(H2,35,36,37). The number of anilines is 3. The van der Waals surface area contributed by atoms with Crippen LogP contribution in [0, 0.1) is 5.41 Å². The number of methoxy groups -OCH3 is 1. The molecule has 1 heterocycles. The Labute approximate surface area is 239 Å². The SMILES string of the molecule is COc1cc2nc(Nc3cc(CNC(=O)C4(C(F)(F)F)CC4)ccc3Cl)[nH]c2cc1C(=O)Nc1ccc(Br)cc1. The molecule has 1 aliphatic carbocycles. The number of aromatic nitrogens is 2. The maximum absolute atomic E-state index is 13.2. The van der Waals surface area contributed by atoms with Crippen LogP contribution in [-0.2, 0) is 11.3 Å². The van der Waals surface area contributed by atoms with E-state index in [2.05, 4.69) is 41.8 Å². The van der Waals surface area contributed by atoms with Gasteiger partial charge in [-0.2, -0.15) is 13.2 Å². The van der Waals surface area contributed by atoms with Gasteiger partial charge in [0.1, 0.15) is 11.2 Å². The first-order chi connectivity index (χ1) is 19.0. The second-order valence-electron chi connectivity index (χ2n) is 9.32. The number of fused-ring (bicyclic) bond motifs is 1. The fraction of sp³-hybridized carbons (Fsp3) is 0.222. The number of hydrogen-bond acceptors (Lipinski definition) is 5. The molecule has 4 N–H and O–H groups in total. The van der Waals surface area contributed by atoms with E-state index < -0.39 is 17.5 Å². The van der Waals surface area contributed by atoms with E-state index in [0.29, 0.717) is 44.7 Å². The van der Waals surface area contributed by atoms with E-state index in [1.165, 1.54) is 7.11 Å². The summed E-state index contributed by atoms with van der Waals surface area (Å²) in [6, 6.07) is 15.2. The number of nitrogens with zero attached hydrogens (tertiary/aromatic N) is 1. The number of benzene rings is 3. The first-order valence-corrected chi connectivity index (χ1v) is 13.2. The molecule has 1 aliphatic rings. The Balaban J connectivity index is 1.32. The lowest BCUT2D eigenvalue weighted by atomic mass is 10.1. The normalized spacial score (nSPS) is 14.1. The number of H-pyrrole nitrogens is 1. The number of ether oxygens (including phenoxy) is 1. The minimum absolute atomic E-state index is 0.101. The van der Waals surface area contributed by atoms with Crippen LogP contribution >= 0.6 is 27.5 Å². The summed E-state index contributed by atoms with van der Waals surface area (Å²) in [6.07, 6.45) is -4.99. The monoisotopic (exact) mass is 635 g/mol. The third-order valence-corrected chi connectivity index (χ3v) is 7.47. The summed E-state index contributed by atoms with van der Waals surface area (Å²) < 4.78 is 46.0. The zero-order chi connectivity index (χ0) is 28.7. The van der Waals surface area contributed by atoms with E-state index in [9.17, 15) is 22.8 Å². The fourth-order valence-corrected chi connectivity index (χ4v) is 4.63. The summed E-state index contributed by atoms with van der Waals surface area (Å²) in [5, 5.41) is 8.59. The van der Waals surface area contributed by atoms with Crippen LogP contribution in [0.1, 0.15) is 28.8 Å². The molecule has 1 fully saturated rings. The predicted molar refractivity (Wildman–Crippen MR) is 149 cm³/mol. The molecule has 3 aromatic carbocycles. The highest BCUT2D eigenvalue weighted by Crippen LogP contribution is 2.57. The Morgan fingerprint density at radius 3 is 2.50 bits per heavy atom. The molecule has 40 heavy (non-hydrogen) atoms. The number of halogens is 5. The Morgan fingerprint density at radius 2 is 1.85 bits per heavy atom. The summed E-state index contributed by atoms with van der Waals surface area (Å²) in [7, 11) is 1.45. The lowest BCUT2D eigenvalue weighted by Crippen LogP contribution is -2.40. The lowest BCUT2D eigenvalue weighted by Gasteiger charge is -2.18. The number of carbonyl (C=O) groups excluding carboxylic acids is 2. The van der Waals surface area contributed by atoms with E-state index in [0.717, 1.165) is 4.47 Å². The molecule has 1 aromatic heterocycles. The lowest BCUT2D eigenvalue weighted by molar-refractivity contribution is -0.192. The molecule has 2 amide bonds. The van der Waals surface area contributed by atoms with Gasteiger partial charge in [0.05, 0.1) is 34.4 Å². The second kappa shape index (κ2) is 10.7. The summed E-state index contributed by atoms with van der Waals surface area (Å²) in [4.78, 5) is 32.7. The third-order valence-electron chi connectivity index (χ3n) is 6.61. The van der Waals surface area contributed by atoms with Crippen LogP contribution in [0.25, 0.3) is 11.0 Å². The van der Waals surface area contributed by atoms with E-state index in [1.807, 2.05) is 12.1 Å². The number of amides is 2. The van der Waals surface area contributed by atoms with Gasteiger partial charge in [-0.1, -0.05) is 33.6 Å². The molecule has 0 spiro atoms. The van der Waals surface area contributed by atoms with Crippen molar-refractivity contribution in [3.05, 3.63) is 75.2 Å². The van der Waals surface area contributed by atoms with Gasteiger partial charge in [-0.05, 0) is 60.9 Å². The van der Waals surface area contributed by atoms with Crippen molar-refractivity contribution in [3.63, 3.8) is 0 Å². The number of rotatable bonds is 8. The summed E-state index contributed by atoms with van der Waals surface area (Å²) in [5.41, 5.74) is 0.637. The van der Waals surface area contributed by atoms with Crippen molar-refractivity contribution in [2.45, 2.75) is 25.6 Å². The number of alkyl halides is 3. The fourth-order valence-electron chi connectivity index (χ4n) is 4.20. The Kier molecular flexibility index (Phi) is 7.40. The van der Waals surface area contributed by atoms with Gasteiger partial charge >= 0.3 is 6.18 Å². The van der Waals surface area contributed by atoms with Crippen molar-refractivity contribution in [3.8, 4) is 5.75 Å². The van der Waals surface area contributed by atoms with Crippen molar-refractivity contribution in [1.29, 1.82) is 0 Å². The van der Waals surface area contributed by atoms with E-state index in [1.54, 1.807) is 42.5 Å². The summed E-state index contributed by atoms with van der Waals surface area (Å²) in [5.74, 6) is -0.778. The first-order valence-electron chi connectivity index (χ1n) is 12.0. The van der Waals surface area contributed by atoms with Crippen molar-refractivity contribution < 1.29 is 27.5 Å². The third kappa shape index (κ3) is 5.59. The highest BCUT2D eigenvalue weighted by molar-refractivity contribution is 9.10. The number of imidazole rings is 1. The van der Waals surface area contributed by atoms with Gasteiger partial charge in [-0.3, -0.25) is 9.59 Å². The Bertz CT molecular complexity index is 1600. The molecule has 0 saturated heterocycles. The van der Waals surface area contributed by atoms with Crippen LogP contribution in [0.2, 0.25) is 5.02 Å². The molecular formula is C27H22BrClF3N5O3. The van der Waals surface area contributed by atoms with Crippen LogP contribution in [-0.4, -0.2) is 35.1 Å². The molecule has 208 valence electrons. The molecular weight excluding hydrogens is 615 g/mol. The average molecular weight is 637 g/mol. The van der Waals surface area contributed by atoms with Crippen molar-refractivity contribution in [1.82, 2.24) is 15.3 Å². The van der Waals surface area contributed by atoms with E-state index in [4.69, 9.17) is 16.3 Å². The minimum Gasteiger partial charge on any atom is -0.496 e. The van der Waals surface area contributed by atoms with Crippen LogP contribution in [0.5, 0.6) is 5.75 Å². The number of aromatic amines is 1. The van der Waals surface area contributed by atoms with Gasteiger partial charge < -0.3 is 25.7 Å². The highest BCUT2D eigenvalue weighted by atomic mass is 79.9. The molecule has 1 saturated carbocycles. The van der Waals surface area contributed by atoms with Gasteiger partial charge in [-0.25, -0.2) is 4.98 Å². The molecule has 0 aliphatic heterocycles. The molecule has 8 nitrogen and oxygen atoms in total. The molecule has 0 atom stereocenters. The maximum atomic E-state index is 13.2. The van der Waals surface area contributed by atoms with Crippen LogP contribution in [0.4, 0.5) is 30.5 Å². The molecule has 4 aromatic rings. The zero-order valence-corrected chi connectivity index (χ0v) is 23.2. The first kappa shape index (κ1) is 27.8. The summed E-state index contributed by atoms with van der Waals surface area (Å²) >= 11 is 9.69. The Morgan fingerprint density at radius 1 is 1.12 bits per heavy atom. The predicted octanol–water partition coefficient (Wildman–Crippen LogP) is 6.94. The van der Waals surface area contributed by atoms with E-state index >= 15 is 0 Å². The highest BCUT2D eigenvalue weighted by Gasteiger charge is 2.68. The quantitative estimate of drug-likeness (QED) is 0.168. The van der Waals surface area contributed by atoms with E-state index in [-0.39, 0.29) is 30.9 Å². The largest absolute Gasteiger partial charge is 0.496 e. The molecule has 0 radical (unpaired) electrons. The second-order valence-corrected chi connectivity index (χ2v) is 10.6. The van der Waals surface area contributed by atoms with Gasteiger partial charge in [-0.15, -0.1) is 0 Å². The number of nitrogens with one attached hydrogen (secondary N) is 4. The van der Waals surface area contributed by atoms with Gasteiger partial charge in [0, 0.05) is 22.8 Å². The molecule has 5 rings (SSSR count). The summed E-state index contributed by atoms with van der Waals surface area (Å²) in [6.45, 7) is -0.101. The van der Waals surface area contributed by atoms with Crippen LogP contribution in [0.15, 0.2) is 59.1 Å².